The van der Waals surface area contributed by atoms with Crippen molar-refractivity contribution >= 4 is 11.9 Å². The van der Waals surface area contributed by atoms with Gasteiger partial charge in [-0.15, -0.1) is 0 Å². The lowest BCUT2D eigenvalue weighted by atomic mass is 10.0. The predicted octanol–water partition coefficient (Wildman–Crippen LogP) is 0.828. The maximum Gasteiger partial charge on any atom is 0.240 e. The summed E-state index contributed by atoms with van der Waals surface area (Å²) in [6.45, 7) is 4.83. The summed E-state index contributed by atoms with van der Waals surface area (Å²) in [6.07, 6.45) is 7.72. The van der Waals surface area contributed by atoms with Crippen LogP contribution in [0.5, 0.6) is 0 Å². The van der Waals surface area contributed by atoms with Gasteiger partial charge in [-0.25, -0.2) is 9.97 Å². The number of anilines is 1. The highest BCUT2D eigenvalue weighted by atomic mass is 16.2. The van der Waals surface area contributed by atoms with Crippen molar-refractivity contribution in [2.45, 2.75) is 44.7 Å². The van der Waals surface area contributed by atoms with Crippen molar-refractivity contribution in [3.63, 3.8) is 0 Å². The van der Waals surface area contributed by atoms with Crippen LogP contribution in [0.25, 0.3) is 0 Å². The lowest BCUT2D eigenvalue weighted by molar-refractivity contribution is -0.131. The topological polar surface area (TPSA) is 61.4 Å². The average molecular weight is 303 g/mol. The highest BCUT2D eigenvalue weighted by Gasteiger charge is 2.36. The normalized spacial score (nSPS) is 23.4. The maximum atomic E-state index is 12.3. The van der Waals surface area contributed by atoms with E-state index in [9.17, 15) is 4.79 Å². The molecule has 1 aromatic heterocycles. The summed E-state index contributed by atoms with van der Waals surface area (Å²) in [7, 11) is 1.87. The molecule has 1 amide bonds. The molecule has 1 atom stereocenters. The quantitative estimate of drug-likeness (QED) is 0.892. The summed E-state index contributed by atoms with van der Waals surface area (Å²) in [5, 5.41) is 3.11. The number of nitrogens with one attached hydrogen (secondary N) is 1. The second-order valence-electron chi connectivity index (χ2n) is 6.12. The van der Waals surface area contributed by atoms with Crippen LogP contribution in [0.1, 0.15) is 31.7 Å². The molecule has 6 nitrogen and oxygen atoms in total. The van der Waals surface area contributed by atoms with Crippen LogP contribution >= 0.6 is 0 Å². The second kappa shape index (κ2) is 6.60. The van der Waals surface area contributed by atoms with Gasteiger partial charge in [-0.3, -0.25) is 4.79 Å². The lowest BCUT2D eigenvalue weighted by Gasteiger charge is -2.36. The molecule has 0 aliphatic carbocycles. The van der Waals surface area contributed by atoms with Crippen LogP contribution in [0, 0.1) is 0 Å². The number of piperidine rings is 1. The first-order chi connectivity index (χ1) is 10.7. The summed E-state index contributed by atoms with van der Waals surface area (Å²) in [5.41, 5.74) is 1.17. The van der Waals surface area contributed by atoms with E-state index in [4.69, 9.17) is 0 Å². The fourth-order valence-electron chi connectivity index (χ4n) is 3.40. The van der Waals surface area contributed by atoms with Crippen LogP contribution in [0.3, 0.4) is 0 Å². The van der Waals surface area contributed by atoms with E-state index in [1.165, 1.54) is 5.56 Å². The Labute approximate surface area is 131 Å². The van der Waals surface area contributed by atoms with Crippen LogP contribution in [0.15, 0.2) is 12.4 Å². The minimum atomic E-state index is 0.0166. The number of aryl methyl sites for hydroxylation is 1. The van der Waals surface area contributed by atoms with Crippen LogP contribution in [0.4, 0.5) is 5.95 Å². The Morgan fingerprint density at radius 2 is 1.86 bits per heavy atom. The molecule has 3 heterocycles. The number of hydrogen-bond acceptors (Lipinski definition) is 5. The smallest absolute Gasteiger partial charge is 0.240 e. The van der Waals surface area contributed by atoms with Crippen molar-refractivity contribution in [1.82, 2.24) is 20.2 Å². The molecule has 120 valence electrons. The number of carbonyl (C=O) groups is 1. The molecule has 0 saturated carbocycles. The molecule has 22 heavy (non-hydrogen) atoms. The van der Waals surface area contributed by atoms with Gasteiger partial charge in [0, 0.05) is 38.1 Å². The van der Waals surface area contributed by atoms with E-state index in [0.29, 0.717) is 6.04 Å². The van der Waals surface area contributed by atoms with Gasteiger partial charge in [-0.2, -0.15) is 0 Å². The Hall–Kier alpha value is -1.69. The van der Waals surface area contributed by atoms with Crippen molar-refractivity contribution in [2.75, 3.05) is 31.6 Å². The van der Waals surface area contributed by atoms with Gasteiger partial charge in [0.1, 0.15) is 0 Å². The van der Waals surface area contributed by atoms with Gasteiger partial charge in [-0.1, -0.05) is 6.92 Å². The van der Waals surface area contributed by atoms with Gasteiger partial charge in [0.25, 0.3) is 0 Å². The zero-order valence-corrected chi connectivity index (χ0v) is 13.5. The first kappa shape index (κ1) is 15.2. The molecule has 3 rings (SSSR count). The third kappa shape index (κ3) is 2.92. The van der Waals surface area contributed by atoms with Gasteiger partial charge >= 0.3 is 0 Å². The van der Waals surface area contributed by atoms with Crippen molar-refractivity contribution in [3.8, 4) is 0 Å². The monoisotopic (exact) mass is 303 g/mol. The Morgan fingerprint density at radius 1 is 1.18 bits per heavy atom. The summed E-state index contributed by atoms with van der Waals surface area (Å²) in [5.74, 6) is 1.08. The Bertz CT molecular complexity index is 510. The SMILES string of the molecule is CCc1cnc(N2CCC(N3CC[C@H](NC)C3=O)CC2)nc1. The maximum absolute atomic E-state index is 12.3. The number of likely N-dealkylation sites (N-methyl/N-ethyl adjacent to an activating group) is 1. The molecule has 0 bridgehead atoms. The highest BCUT2D eigenvalue weighted by Crippen LogP contribution is 2.24. The molecule has 0 unspecified atom stereocenters. The molecule has 0 radical (unpaired) electrons. The molecular weight excluding hydrogens is 278 g/mol. The largest absolute Gasteiger partial charge is 0.341 e. The van der Waals surface area contributed by atoms with Crippen LogP contribution in [0.2, 0.25) is 0 Å². The lowest BCUT2D eigenvalue weighted by Crippen LogP contribution is -2.48. The number of amides is 1. The summed E-state index contributed by atoms with van der Waals surface area (Å²) in [6, 6.07) is 0.389. The zero-order chi connectivity index (χ0) is 15.5. The number of hydrogen-bond donors (Lipinski definition) is 1. The highest BCUT2D eigenvalue weighted by molar-refractivity contribution is 5.84. The van der Waals surface area contributed by atoms with Gasteiger partial charge < -0.3 is 15.1 Å². The molecule has 1 aromatic rings. The number of aromatic nitrogens is 2. The van der Waals surface area contributed by atoms with Gasteiger partial charge in [0.15, 0.2) is 0 Å². The minimum absolute atomic E-state index is 0.0166. The number of carbonyl (C=O) groups excluding carboxylic acids is 1. The molecule has 0 spiro atoms. The molecule has 0 aromatic carbocycles. The Balaban J connectivity index is 1.57. The van der Waals surface area contributed by atoms with Crippen LogP contribution in [-0.4, -0.2) is 59.5 Å². The van der Waals surface area contributed by atoms with E-state index in [1.807, 2.05) is 19.4 Å². The van der Waals surface area contributed by atoms with E-state index in [2.05, 4.69) is 32.0 Å². The molecule has 2 aliphatic heterocycles. The summed E-state index contributed by atoms with van der Waals surface area (Å²) in [4.78, 5) is 25.5. The Kier molecular flexibility index (Phi) is 4.57. The molecule has 2 saturated heterocycles. The van der Waals surface area contributed by atoms with Crippen LogP contribution < -0.4 is 10.2 Å². The zero-order valence-electron chi connectivity index (χ0n) is 13.5. The van der Waals surface area contributed by atoms with Crippen molar-refractivity contribution < 1.29 is 4.79 Å². The van der Waals surface area contributed by atoms with Gasteiger partial charge in [0.2, 0.25) is 11.9 Å². The van der Waals surface area contributed by atoms with Crippen LogP contribution in [-0.2, 0) is 11.2 Å². The van der Waals surface area contributed by atoms with Crippen molar-refractivity contribution in [2.24, 2.45) is 0 Å². The van der Waals surface area contributed by atoms with E-state index < -0.39 is 0 Å². The van der Waals surface area contributed by atoms with E-state index >= 15 is 0 Å². The molecule has 6 heteroatoms. The standard InChI is InChI=1S/C16H25N5O/c1-3-12-10-18-16(19-11-12)20-7-4-13(5-8-20)21-9-6-14(17-2)15(21)22/h10-11,13-14,17H,3-9H2,1-2H3/t14-/m0/s1. The fraction of sp³-hybridized carbons (Fsp3) is 0.688. The summed E-state index contributed by atoms with van der Waals surface area (Å²) >= 11 is 0. The second-order valence-corrected chi connectivity index (χ2v) is 6.12. The summed E-state index contributed by atoms with van der Waals surface area (Å²) < 4.78 is 0. The molecule has 1 N–H and O–H groups in total. The first-order valence-electron chi connectivity index (χ1n) is 8.26. The van der Waals surface area contributed by atoms with E-state index in [0.717, 1.165) is 51.3 Å². The van der Waals surface area contributed by atoms with E-state index in [1.54, 1.807) is 0 Å². The molecular formula is C16H25N5O. The first-order valence-corrected chi connectivity index (χ1v) is 8.26. The van der Waals surface area contributed by atoms with Gasteiger partial charge in [-0.05, 0) is 38.3 Å². The molecule has 2 aliphatic rings. The van der Waals surface area contributed by atoms with Crippen molar-refractivity contribution in [1.29, 1.82) is 0 Å². The number of rotatable bonds is 4. The Morgan fingerprint density at radius 3 is 2.41 bits per heavy atom. The number of nitrogens with zero attached hydrogens (tertiary/aromatic N) is 4. The third-order valence-corrected chi connectivity index (χ3v) is 4.88. The minimum Gasteiger partial charge on any atom is -0.341 e. The van der Waals surface area contributed by atoms with E-state index in [-0.39, 0.29) is 11.9 Å². The molecule has 2 fully saturated rings. The average Bonchev–Trinajstić information content (AvgIpc) is 2.96. The third-order valence-electron chi connectivity index (χ3n) is 4.88. The predicted molar refractivity (Wildman–Crippen MR) is 85.8 cm³/mol. The fourth-order valence-corrected chi connectivity index (χ4v) is 3.40. The van der Waals surface area contributed by atoms with Gasteiger partial charge in [0.05, 0.1) is 6.04 Å². The van der Waals surface area contributed by atoms with Crippen molar-refractivity contribution in [3.05, 3.63) is 18.0 Å². The number of likely N-dealkylation sites (tertiary alicyclic amines) is 1.